The number of pyridine rings is 1. The van der Waals surface area contributed by atoms with Crippen LogP contribution in [-0.2, 0) is 38.2 Å². The zero-order chi connectivity index (χ0) is 43.9. The van der Waals surface area contributed by atoms with Gasteiger partial charge in [-0.15, -0.1) is 0 Å². The number of piperidine rings is 1. The van der Waals surface area contributed by atoms with Gasteiger partial charge in [-0.1, -0.05) is 79.0 Å². The third-order valence-electron chi connectivity index (χ3n) is 9.93. The Labute approximate surface area is 360 Å². The van der Waals surface area contributed by atoms with Crippen molar-refractivity contribution < 1.29 is 43.0 Å². The number of esters is 2. The van der Waals surface area contributed by atoms with E-state index in [0.717, 1.165) is 10.9 Å². The number of hydrogen-bond donors (Lipinski definition) is 3. The lowest BCUT2D eigenvalue weighted by molar-refractivity contribution is -0.153. The van der Waals surface area contributed by atoms with Gasteiger partial charge in [0, 0.05) is 31.9 Å². The molecule has 3 heterocycles. The van der Waals surface area contributed by atoms with Gasteiger partial charge in [-0.2, -0.15) is 0 Å². The number of amides is 4. The van der Waals surface area contributed by atoms with Crippen LogP contribution in [0.3, 0.4) is 0 Å². The van der Waals surface area contributed by atoms with Crippen molar-refractivity contribution in [1.29, 1.82) is 0 Å². The topological polar surface area (TPSA) is 186 Å². The SMILES string of the molecule is CC(=O)O[C@H](C)c1ccc2ccc(C=CC3(C(=O)N[C@H](C(=O)N[C@@H](C)C(=O)N4CCC[C@@H](C(=O)OCC(Cl)(Cl)Cl)N4)C(C)C)CCN(C(=O)OC(C)(C)C)CC3)cc2n1. The average molecular weight is 882 g/mol. The second-order valence-electron chi connectivity index (χ2n) is 16.4. The van der Waals surface area contributed by atoms with E-state index in [-0.39, 0.29) is 38.4 Å². The highest BCUT2D eigenvalue weighted by atomic mass is 35.6. The van der Waals surface area contributed by atoms with Gasteiger partial charge in [0.05, 0.1) is 16.6 Å². The molecule has 1 aromatic carbocycles. The highest BCUT2D eigenvalue weighted by Gasteiger charge is 2.43. The molecule has 59 heavy (non-hydrogen) atoms. The molecule has 4 atom stereocenters. The molecule has 2 aromatic rings. The van der Waals surface area contributed by atoms with E-state index in [4.69, 9.17) is 54.0 Å². The zero-order valence-corrected chi connectivity index (χ0v) is 37.0. The molecule has 0 spiro atoms. The lowest BCUT2D eigenvalue weighted by Crippen LogP contribution is -2.61. The summed E-state index contributed by atoms with van der Waals surface area (Å²) in [7, 11) is 0. The van der Waals surface area contributed by atoms with Crippen LogP contribution in [0, 0.1) is 11.3 Å². The van der Waals surface area contributed by atoms with Crippen molar-refractivity contribution in [1.82, 2.24) is 31.0 Å². The average Bonchev–Trinajstić information content (AvgIpc) is 3.16. The fourth-order valence-corrected chi connectivity index (χ4v) is 6.88. The van der Waals surface area contributed by atoms with Crippen LogP contribution < -0.4 is 16.1 Å². The third-order valence-corrected chi connectivity index (χ3v) is 10.3. The molecule has 0 aliphatic carbocycles. The second kappa shape index (κ2) is 19.9. The van der Waals surface area contributed by atoms with Crippen molar-refractivity contribution >= 4 is 87.5 Å². The van der Waals surface area contributed by atoms with Crippen LogP contribution in [-0.4, -0.2) is 104 Å². The van der Waals surface area contributed by atoms with Crippen LogP contribution in [0.15, 0.2) is 36.4 Å². The smallest absolute Gasteiger partial charge is 0.410 e. The number of rotatable bonds is 12. The summed E-state index contributed by atoms with van der Waals surface area (Å²) in [6.07, 6.45) is 3.92. The molecule has 15 nitrogen and oxygen atoms in total. The fraction of sp³-hybridized carbons (Fsp3) is 0.585. The van der Waals surface area contributed by atoms with Gasteiger partial charge in [0.15, 0.2) is 0 Å². The summed E-state index contributed by atoms with van der Waals surface area (Å²) in [5, 5.41) is 7.81. The molecule has 0 radical (unpaired) electrons. The van der Waals surface area contributed by atoms with E-state index in [1.165, 1.54) is 18.9 Å². The molecule has 1 aromatic heterocycles. The largest absolute Gasteiger partial charge is 0.460 e. The molecule has 18 heteroatoms. The number of hydrogen-bond acceptors (Lipinski definition) is 11. The predicted molar refractivity (Wildman–Crippen MR) is 224 cm³/mol. The summed E-state index contributed by atoms with van der Waals surface area (Å²) in [5.74, 6) is -2.99. The Hall–Kier alpha value is -4.18. The maximum Gasteiger partial charge on any atom is 0.410 e. The quantitative estimate of drug-likeness (QED) is 0.130. The molecule has 3 N–H and O–H groups in total. The Kier molecular flexibility index (Phi) is 16.0. The number of alkyl halides is 3. The first-order valence-corrected chi connectivity index (χ1v) is 20.8. The summed E-state index contributed by atoms with van der Waals surface area (Å²) in [5.41, 5.74) is 3.00. The third kappa shape index (κ3) is 13.7. The molecule has 0 saturated carbocycles. The summed E-state index contributed by atoms with van der Waals surface area (Å²) < 4.78 is 14.2. The van der Waals surface area contributed by atoms with Crippen molar-refractivity contribution in [3.63, 3.8) is 0 Å². The number of halogens is 3. The molecule has 324 valence electrons. The maximum absolute atomic E-state index is 14.5. The van der Waals surface area contributed by atoms with E-state index in [1.807, 2.05) is 30.3 Å². The molecule has 2 aliphatic heterocycles. The van der Waals surface area contributed by atoms with Crippen molar-refractivity contribution in [2.75, 3.05) is 26.2 Å². The number of likely N-dealkylation sites (tertiary alicyclic amines) is 1. The normalized spacial score (nSPS) is 18.8. The van der Waals surface area contributed by atoms with Crippen molar-refractivity contribution in [3.8, 4) is 0 Å². The molecule has 4 rings (SSSR count). The Morgan fingerprint density at radius 2 is 1.64 bits per heavy atom. The fourth-order valence-electron chi connectivity index (χ4n) is 6.72. The van der Waals surface area contributed by atoms with Gasteiger partial charge in [-0.25, -0.2) is 15.2 Å². The number of fused-ring (bicyclic) bond motifs is 1. The lowest BCUT2D eigenvalue weighted by atomic mass is 9.76. The van der Waals surface area contributed by atoms with Crippen molar-refractivity contribution in [2.45, 2.75) is 115 Å². The number of nitrogens with one attached hydrogen (secondary N) is 3. The first-order chi connectivity index (χ1) is 27.5. The van der Waals surface area contributed by atoms with E-state index in [1.54, 1.807) is 58.6 Å². The number of carbonyl (C=O) groups excluding carboxylic acids is 6. The number of aromatic nitrogens is 1. The Morgan fingerprint density at radius 3 is 2.25 bits per heavy atom. The minimum atomic E-state index is -1.79. The van der Waals surface area contributed by atoms with Gasteiger partial charge in [0.2, 0.25) is 15.6 Å². The first-order valence-electron chi connectivity index (χ1n) is 19.6. The van der Waals surface area contributed by atoms with Crippen LogP contribution in [0.2, 0.25) is 0 Å². The van der Waals surface area contributed by atoms with E-state index in [9.17, 15) is 28.8 Å². The number of hydrazine groups is 1. The van der Waals surface area contributed by atoms with E-state index in [2.05, 4.69) is 16.1 Å². The lowest BCUT2D eigenvalue weighted by Gasteiger charge is -2.40. The molecule has 2 fully saturated rings. The number of nitrogens with zero attached hydrogens (tertiary/aromatic N) is 3. The number of ether oxygens (including phenoxy) is 3. The van der Waals surface area contributed by atoms with Gasteiger partial charge in [0.1, 0.15) is 36.4 Å². The predicted octanol–water partition coefficient (Wildman–Crippen LogP) is 5.94. The molecule has 0 unspecified atom stereocenters. The van der Waals surface area contributed by atoms with E-state index in [0.29, 0.717) is 24.1 Å². The maximum atomic E-state index is 14.5. The molecule has 2 saturated heterocycles. The van der Waals surface area contributed by atoms with Gasteiger partial charge >= 0.3 is 18.0 Å². The minimum Gasteiger partial charge on any atom is -0.460 e. The Balaban J connectivity index is 1.53. The van der Waals surface area contributed by atoms with E-state index >= 15 is 0 Å². The summed E-state index contributed by atoms with van der Waals surface area (Å²) in [4.78, 5) is 85.2. The van der Waals surface area contributed by atoms with Crippen LogP contribution >= 0.6 is 34.8 Å². The van der Waals surface area contributed by atoms with Gasteiger partial charge in [-0.05, 0) is 83.9 Å². The summed E-state index contributed by atoms with van der Waals surface area (Å²) >= 11 is 17.1. The van der Waals surface area contributed by atoms with Crippen LogP contribution in [0.4, 0.5) is 4.79 Å². The highest BCUT2D eigenvalue weighted by Crippen LogP contribution is 2.36. The number of benzene rings is 1. The number of carbonyl (C=O) groups is 6. The molecule has 2 aliphatic rings. The summed E-state index contributed by atoms with van der Waals surface area (Å²) in [6.45, 7) is 13.8. The highest BCUT2D eigenvalue weighted by molar-refractivity contribution is 6.67. The Morgan fingerprint density at radius 1 is 0.983 bits per heavy atom. The first kappa shape index (κ1) is 47.5. The molecule has 0 bridgehead atoms. The monoisotopic (exact) mass is 880 g/mol. The van der Waals surface area contributed by atoms with Crippen LogP contribution in [0.25, 0.3) is 17.0 Å². The minimum absolute atomic E-state index is 0.218. The Bertz CT molecular complexity index is 1910. The molecule has 4 amide bonds. The molecular formula is C41H55Cl3N6O9. The summed E-state index contributed by atoms with van der Waals surface area (Å²) in [6, 6.07) is 6.43. The van der Waals surface area contributed by atoms with Crippen molar-refractivity contribution in [3.05, 3.63) is 47.7 Å². The van der Waals surface area contributed by atoms with Gasteiger partial charge < -0.3 is 29.7 Å². The van der Waals surface area contributed by atoms with Crippen molar-refractivity contribution in [2.24, 2.45) is 11.3 Å². The van der Waals surface area contributed by atoms with Crippen LogP contribution in [0.1, 0.15) is 98.4 Å². The molecular weight excluding hydrogens is 827 g/mol. The second-order valence-corrected chi connectivity index (χ2v) is 18.9. The van der Waals surface area contributed by atoms with E-state index < -0.39 is 81.4 Å². The van der Waals surface area contributed by atoms with Crippen LogP contribution in [0.5, 0.6) is 0 Å². The standard InChI is InChI=1S/C41H55Cl3N6O9/c1-24(2)33(34(52)45-25(3)35(53)50-19-9-10-31(48-50)36(54)57-23-41(42,43)44)47-37(55)40(17-20-49(21-18-40)38(56)59-39(6,7)8)16-15-28-11-12-29-13-14-30(46-32(29)22-28)26(4)58-27(5)51/h11-16,22,24-26,31,33,48H,9-10,17-21,23H2,1-8H3,(H,45,52)(H,47,55)/t25-,26+,31-,33-/m0/s1. The zero-order valence-electron chi connectivity index (χ0n) is 34.7. The van der Waals surface area contributed by atoms with Gasteiger partial charge in [0.25, 0.3) is 5.91 Å². The van der Waals surface area contributed by atoms with Gasteiger partial charge in [-0.3, -0.25) is 29.0 Å².